The van der Waals surface area contributed by atoms with Gasteiger partial charge < -0.3 is 10.1 Å². The minimum Gasteiger partial charge on any atom is -0.444 e. The molecule has 1 aliphatic rings. The summed E-state index contributed by atoms with van der Waals surface area (Å²) in [5.74, 6) is 0.923. The Labute approximate surface area is 110 Å². The maximum absolute atomic E-state index is 11.6. The van der Waals surface area contributed by atoms with Gasteiger partial charge >= 0.3 is 6.09 Å². The first-order valence-corrected chi connectivity index (χ1v) is 7.49. The Bertz CT molecular complexity index is 409. The molecule has 1 N–H and O–H groups in total. The molecule has 1 aliphatic heterocycles. The lowest BCUT2D eigenvalue weighted by atomic mass is 10.1. The maximum Gasteiger partial charge on any atom is 0.407 e. The Morgan fingerprint density at radius 3 is 3.00 bits per heavy atom. The van der Waals surface area contributed by atoms with Gasteiger partial charge in [0.1, 0.15) is 5.60 Å². The summed E-state index contributed by atoms with van der Waals surface area (Å²) < 4.78 is 6.63. The quantitative estimate of drug-likeness (QED) is 0.852. The lowest BCUT2D eigenvalue weighted by Crippen LogP contribution is -2.42. The van der Waals surface area contributed by atoms with E-state index in [2.05, 4.69) is 16.8 Å². The van der Waals surface area contributed by atoms with E-state index in [0.29, 0.717) is 0 Å². The van der Waals surface area contributed by atoms with Crippen LogP contribution in [0.4, 0.5) is 4.79 Å². The molecule has 0 aromatic carbocycles. The number of hydrogen-bond acceptors (Lipinski definition) is 4. The van der Waals surface area contributed by atoms with Crippen LogP contribution in [0.5, 0.6) is 0 Å². The van der Waals surface area contributed by atoms with E-state index < -0.39 is 5.60 Å². The minimum atomic E-state index is -0.431. The zero-order valence-electron chi connectivity index (χ0n) is 10.3. The van der Waals surface area contributed by atoms with Gasteiger partial charge in [-0.2, -0.15) is 0 Å². The number of thioether (sulfide) groups is 1. The van der Waals surface area contributed by atoms with Gasteiger partial charge in [-0.25, -0.2) is 4.79 Å². The molecule has 3 nitrogen and oxygen atoms in total. The highest BCUT2D eigenvalue weighted by Crippen LogP contribution is 2.34. The number of carbonyl (C=O) groups excluding carboxylic acids is 1. The van der Waals surface area contributed by atoms with Crippen LogP contribution in [0.1, 0.15) is 26.3 Å². The monoisotopic (exact) mass is 271 g/mol. The SMILES string of the molecule is CC(C)(C)OC(=O)NC1CSc2sccc2C1. The molecule has 1 aromatic heterocycles. The predicted molar refractivity (Wildman–Crippen MR) is 71.9 cm³/mol. The highest BCUT2D eigenvalue weighted by Gasteiger charge is 2.24. The molecule has 0 bridgehead atoms. The number of rotatable bonds is 1. The zero-order chi connectivity index (χ0) is 12.5. The summed E-state index contributed by atoms with van der Waals surface area (Å²) in [5.41, 5.74) is 0.909. The number of thiophene rings is 1. The molecule has 2 heterocycles. The second kappa shape index (κ2) is 4.90. The first-order valence-electron chi connectivity index (χ1n) is 5.63. The van der Waals surface area contributed by atoms with Crippen LogP contribution in [-0.4, -0.2) is 23.5 Å². The number of ether oxygens (including phenoxy) is 1. The Morgan fingerprint density at radius 2 is 2.29 bits per heavy atom. The second-order valence-electron chi connectivity index (χ2n) is 5.09. The van der Waals surface area contributed by atoms with Crippen molar-refractivity contribution in [1.82, 2.24) is 5.32 Å². The number of hydrogen-bond donors (Lipinski definition) is 1. The summed E-state index contributed by atoms with van der Waals surface area (Å²) in [4.78, 5) is 11.6. The van der Waals surface area contributed by atoms with Crippen LogP contribution in [0.2, 0.25) is 0 Å². The van der Waals surface area contributed by atoms with Crippen molar-refractivity contribution in [3.8, 4) is 0 Å². The van der Waals surface area contributed by atoms with E-state index in [1.54, 1.807) is 11.3 Å². The molecule has 2 rings (SSSR count). The van der Waals surface area contributed by atoms with Crippen molar-refractivity contribution in [3.63, 3.8) is 0 Å². The van der Waals surface area contributed by atoms with Crippen molar-refractivity contribution >= 4 is 29.2 Å². The average Bonchev–Trinajstić information content (AvgIpc) is 2.61. The van der Waals surface area contributed by atoms with Gasteiger partial charge in [0, 0.05) is 11.8 Å². The van der Waals surface area contributed by atoms with Crippen molar-refractivity contribution in [2.24, 2.45) is 0 Å². The standard InChI is InChI=1S/C12H17NO2S2/c1-12(2,3)15-11(14)13-9-6-8-4-5-16-10(8)17-7-9/h4-5,9H,6-7H2,1-3H3,(H,13,14). The van der Waals surface area contributed by atoms with Crippen molar-refractivity contribution < 1.29 is 9.53 Å². The van der Waals surface area contributed by atoms with E-state index in [-0.39, 0.29) is 12.1 Å². The molecular formula is C12H17NO2S2. The fourth-order valence-corrected chi connectivity index (χ4v) is 3.86. The summed E-state index contributed by atoms with van der Waals surface area (Å²) >= 11 is 3.59. The second-order valence-corrected chi connectivity index (χ2v) is 7.30. The fraction of sp³-hybridized carbons (Fsp3) is 0.583. The summed E-state index contributed by atoms with van der Waals surface area (Å²) in [6.07, 6.45) is 0.590. The Balaban J connectivity index is 1.88. The molecule has 0 aliphatic carbocycles. The van der Waals surface area contributed by atoms with Crippen molar-refractivity contribution in [2.75, 3.05) is 5.75 Å². The third kappa shape index (κ3) is 3.64. The summed E-state index contributed by atoms with van der Waals surface area (Å²) in [6, 6.07) is 2.31. The molecule has 0 fully saturated rings. The average molecular weight is 271 g/mol. The van der Waals surface area contributed by atoms with Gasteiger partial charge in [-0.15, -0.1) is 23.1 Å². The Kier molecular flexibility index (Phi) is 3.68. The molecule has 1 amide bonds. The number of nitrogens with one attached hydrogen (secondary N) is 1. The van der Waals surface area contributed by atoms with E-state index in [1.165, 1.54) is 9.77 Å². The molecule has 5 heteroatoms. The van der Waals surface area contributed by atoms with Gasteiger partial charge in [0.25, 0.3) is 0 Å². The first kappa shape index (κ1) is 12.8. The van der Waals surface area contributed by atoms with Crippen LogP contribution in [0, 0.1) is 0 Å². The Hall–Kier alpha value is -0.680. The molecular weight excluding hydrogens is 254 g/mol. The van der Waals surface area contributed by atoms with Crippen LogP contribution < -0.4 is 5.32 Å². The van der Waals surface area contributed by atoms with E-state index in [1.807, 2.05) is 32.5 Å². The fourth-order valence-electron chi connectivity index (χ4n) is 1.67. The lowest BCUT2D eigenvalue weighted by Gasteiger charge is -2.25. The van der Waals surface area contributed by atoms with Crippen LogP contribution >= 0.6 is 23.1 Å². The molecule has 0 saturated heterocycles. The van der Waals surface area contributed by atoms with Crippen molar-refractivity contribution in [2.45, 2.75) is 43.0 Å². The molecule has 0 saturated carbocycles. The third-order valence-corrected chi connectivity index (χ3v) is 4.79. The van der Waals surface area contributed by atoms with Gasteiger partial charge in [0.15, 0.2) is 0 Å². The lowest BCUT2D eigenvalue weighted by molar-refractivity contribution is 0.0509. The van der Waals surface area contributed by atoms with Gasteiger partial charge in [-0.1, -0.05) is 0 Å². The number of alkyl carbamates (subject to hydrolysis) is 1. The summed E-state index contributed by atoms with van der Waals surface area (Å²) in [7, 11) is 0. The number of carbonyl (C=O) groups is 1. The van der Waals surface area contributed by atoms with E-state index in [0.717, 1.165) is 12.2 Å². The summed E-state index contributed by atoms with van der Waals surface area (Å²) in [6.45, 7) is 5.62. The van der Waals surface area contributed by atoms with Crippen molar-refractivity contribution in [3.05, 3.63) is 17.0 Å². The van der Waals surface area contributed by atoms with E-state index in [9.17, 15) is 4.79 Å². The predicted octanol–water partition coefficient (Wildman–Crippen LogP) is 3.29. The third-order valence-electron chi connectivity index (χ3n) is 2.31. The highest BCUT2D eigenvalue weighted by atomic mass is 32.2. The largest absolute Gasteiger partial charge is 0.444 e. The molecule has 94 valence electrons. The molecule has 0 radical (unpaired) electrons. The van der Waals surface area contributed by atoms with E-state index >= 15 is 0 Å². The van der Waals surface area contributed by atoms with Crippen LogP contribution in [0.25, 0.3) is 0 Å². The van der Waals surface area contributed by atoms with Crippen LogP contribution in [0.15, 0.2) is 15.7 Å². The molecule has 0 spiro atoms. The smallest absolute Gasteiger partial charge is 0.407 e. The molecule has 1 unspecified atom stereocenters. The molecule has 1 atom stereocenters. The normalized spacial score (nSPS) is 19.6. The van der Waals surface area contributed by atoms with Gasteiger partial charge in [0.2, 0.25) is 0 Å². The first-order chi connectivity index (χ1) is 7.94. The maximum atomic E-state index is 11.6. The van der Waals surface area contributed by atoms with Crippen molar-refractivity contribution in [1.29, 1.82) is 0 Å². The van der Waals surface area contributed by atoms with Crippen LogP contribution in [0.3, 0.4) is 0 Å². The number of amides is 1. The minimum absolute atomic E-state index is 0.178. The zero-order valence-corrected chi connectivity index (χ0v) is 11.9. The van der Waals surface area contributed by atoms with Gasteiger partial charge in [-0.05, 0) is 44.2 Å². The highest BCUT2D eigenvalue weighted by molar-refractivity contribution is 8.01. The van der Waals surface area contributed by atoms with Crippen LogP contribution in [-0.2, 0) is 11.2 Å². The number of fused-ring (bicyclic) bond motifs is 1. The van der Waals surface area contributed by atoms with Gasteiger partial charge in [-0.3, -0.25) is 0 Å². The topological polar surface area (TPSA) is 38.3 Å². The molecule has 17 heavy (non-hydrogen) atoms. The molecule has 1 aromatic rings. The Morgan fingerprint density at radius 1 is 1.53 bits per heavy atom. The van der Waals surface area contributed by atoms with E-state index in [4.69, 9.17) is 4.74 Å². The van der Waals surface area contributed by atoms with Gasteiger partial charge in [0.05, 0.1) is 4.21 Å². The summed E-state index contributed by atoms with van der Waals surface area (Å²) in [5, 5.41) is 5.03.